The monoisotopic (exact) mass is 691 g/mol. The topological polar surface area (TPSA) is 127 Å². The molecule has 13 nitrogen and oxygen atoms in total. The number of benzene rings is 1. The van der Waals surface area contributed by atoms with Crippen LogP contribution in [0.2, 0.25) is 5.02 Å². The second-order valence-electron chi connectivity index (χ2n) is 13.5. The average molecular weight is 692 g/mol. The van der Waals surface area contributed by atoms with Gasteiger partial charge in [0, 0.05) is 56.2 Å². The Hall–Kier alpha value is -3.78. The van der Waals surface area contributed by atoms with Gasteiger partial charge in [0.25, 0.3) is 5.88 Å². The van der Waals surface area contributed by atoms with E-state index < -0.39 is 0 Å². The Labute approximate surface area is 292 Å². The highest BCUT2D eigenvalue weighted by atomic mass is 35.5. The van der Waals surface area contributed by atoms with Crippen LogP contribution in [0.5, 0.6) is 11.6 Å². The van der Waals surface area contributed by atoms with Gasteiger partial charge in [0.05, 0.1) is 43.1 Å². The van der Waals surface area contributed by atoms with Gasteiger partial charge in [0.1, 0.15) is 30.2 Å². The van der Waals surface area contributed by atoms with E-state index in [0.717, 1.165) is 49.3 Å². The van der Waals surface area contributed by atoms with E-state index in [1.165, 1.54) is 32.0 Å². The van der Waals surface area contributed by atoms with Gasteiger partial charge in [-0.05, 0) is 70.1 Å². The molecular formula is C35H46ClN9O4. The fourth-order valence-electron chi connectivity index (χ4n) is 7.43. The Morgan fingerprint density at radius 3 is 2.39 bits per heavy atom. The lowest BCUT2D eigenvalue weighted by Crippen LogP contribution is -2.52. The van der Waals surface area contributed by atoms with Crippen LogP contribution in [0.1, 0.15) is 64.8 Å². The van der Waals surface area contributed by atoms with Crippen LogP contribution in [0.25, 0.3) is 11.1 Å². The highest BCUT2D eigenvalue weighted by Crippen LogP contribution is 2.40. The summed E-state index contributed by atoms with van der Waals surface area (Å²) in [6, 6.07) is 7.79. The lowest BCUT2D eigenvalue weighted by molar-refractivity contribution is -0.0458. The van der Waals surface area contributed by atoms with E-state index in [1.807, 2.05) is 38.2 Å². The highest BCUT2D eigenvalue weighted by molar-refractivity contribution is 6.32. The van der Waals surface area contributed by atoms with Crippen LogP contribution in [-0.2, 0) is 16.0 Å². The molecule has 0 amide bonds. The number of nitrogens with one attached hydrogen (secondary N) is 1. The van der Waals surface area contributed by atoms with E-state index in [2.05, 4.69) is 34.9 Å². The number of hydrogen-bond donors (Lipinski definition) is 1. The number of ether oxygens (including phenoxy) is 4. The molecule has 0 unspecified atom stereocenters. The van der Waals surface area contributed by atoms with Gasteiger partial charge >= 0.3 is 0 Å². The first-order valence-electron chi connectivity index (χ1n) is 17.4. The molecule has 1 aromatic carbocycles. The molecule has 4 atom stereocenters. The number of nitrogens with zero attached hydrogens (tertiary/aromatic N) is 8. The molecule has 0 radical (unpaired) electrons. The second kappa shape index (κ2) is 15.4. The Bertz CT molecular complexity index is 1630. The zero-order valence-corrected chi connectivity index (χ0v) is 29.2. The zero-order valence-electron chi connectivity index (χ0n) is 28.4. The van der Waals surface area contributed by atoms with E-state index in [9.17, 15) is 0 Å². The fourth-order valence-corrected chi connectivity index (χ4v) is 7.59. The largest absolute Gasteiger partial charge is 0.487 e. The van der Waals surface area contributed by atoms with Crippen molar-refractivity contribution in [1.29, 1.82) is 0 Å². The smallest absolute Gasteiger partial charge is 0.257 e. The van der Waals surface area contributed by atoms with Crippen molar-refractivity contribution in [3.8, 4) is 22.8 Å². The molecule has 2 aliphatic heterocycles. The van der Waals surface area contributed by atoms with E-state index in [1.54, 1.807) is 30.5 Å². The van der Waals surface area contributed by atoms with Crippen molar-refractivity contribution < 1.29 is 18.9 Å². The Morgan fingerprint density at radius 1 is 0.939 bits per heavy atom. The third-order valence-electron chi connectivity index (χ3n) is 9.90. The number of morpholine rings is 1. The Kier molecular flexibility index (Phi) is 10.6. The van der Waals surface area contributed by atoms with Crippen molar-refractivity contribution in [3.05, 3.63) is 54.5 Å². The molecule has 2 saturated heterocycles. The van der Waals surface area contributed by atoms with Crippen molar-refractivity contribution in [3.63, 3.8) is 0 Å². The standard InChI is InChI=1S/C35H46ClN9O4/c1-23(12-13-46-3)49-34-32(18-44(42-34)27-5-7-28(8-6-27)45-29-9-10-30(45)20-47-19-29)41-35-38-15-26(16-39-35)25-4-11-31(36)33(14-25)48-24(2)17-43-22-37-21-40-43/h4,11,14-16,18,21-24,27-30H,5-10,12-13,17,19-20H2,1-3H3,(H,38,39,41)/t23-,24-,27-,28-,29-,30+/m0/s1. The number of aromatic nitrogens is 7. The summed E-state index contributed by atoms with van der Waals surface area (Å²) in [5.74, 6) is 1.58. The van der Waals surface area contributed by atoms with E-state index in [0.29, 0.717) is 59.9 Å². The lowest BCUT2D eigenvalue weighted by atomic mass is 9.89. The predicted octanol–water partition coefficient (Wildman–Crippen LogP) is 5.95. The summed E-state index contributed by atoms with van der Waals surface area (Å²) >= 11 is 6.48. The molecule has 1 saturated carbocycles. The molecule has 5 heterocycles. The van der Waals surface area contributed by atoms with Gasteiger partial charge in [0.15, 0.2) is 0 Å². The summed E-state index contributed by atoms with van der Waals surface area (Å²) in [7, 11) is 1.70. The molecule has 4 aromatic rings. The summed E-state index contributed by atoms with van der Waals surface area (Å²) in [5, 5.41) is 13.0. The first kappa shape index (κ1) is 33.7. The van der Waals surface area contributed by atoms with E-state index in [4.69, 9.17) is 35.6 Å². The van der Waals surface area contributed by atoms with Gasteiger partial charge < -0.3 is 24.3 Å². The number of anilines is 2. The van der Waals surface area contributed by atoms with E-state index >= 15 is 0 Å². The van der Waals surface area contributed by atoms with Crippen molar-refractivity contribution in [2.24, 2.45) is 0 Å². The van der Waals surface area contributed by atoms with E-state index in [-0.39, 0.29) is 12.2 Å². The minimum Gasteiger partial charge on any atom is -0.487 e. The molecule has 14 heteroatoms. The summed E-state index contributed by atoms with van der Waals surface area (Å²) in [6.45, 7) is 6.93. The SMILES string of the molecule is COCC[C@H](C)Oc1nn([C@H]2CC[C@H](N3[C@@H]4CC[C@H]3COC4)CC2)cc1Nc1ncc(-c2ccc(Cl)c(O[C@@H](C)Cn3cncn3)c2)cn1. The molecule has 1 aliphatic carbocycles. The van der Waals surface area contributed by atoms with Gasteiger partial charge in [-0.15, -0.1) is 5.10 Å². The third-order valence-corrected chi connectivity index (χ3v) is 10.2. The molecular weight excluding hydrogens is 646 g/mol. The maximum Gasteiger partial charge on any atom is 0.257 e. The molecule has 1 N–H and O–H groups in total. The van der Waals surface area contributed by atoms with Gasteiger partial charge in [-0.25, -0.2) is 19.6 Å². The normalized spacial score (nSPS) is 23.7. The minimum atomic E-state index is -0.165. The minimum absolute atomic E-state index is 0.0695. The van der Waals surface area contributed by atoms with Crippen LogP contribution >= 0.6 is 11.6 Å². The molecule has 2 bridgehead atoms. The van der Waals surface area contributed by atoms with Crippen molar-refractivity contribution in [2.45, 2.75) is 102 Å². The fraction of sp³-hybridized carbons (Fsp3) is 0.571. The average Bonchev–Trinajstić information content (AvgIpc) is 3.83. The summed E-state index contributed by atoms with van der Waals surface area (Å²) in [4.78, 5) is 16.1. The molecule has 3 aliphatic rings. The quantitative estimate of drug-likeness (QED) is 0.169. The summed E-state index contributed by atoms with van der Waals surface area (Å²) in [6.07, 6.45) is 16.3. The molecule has 3 aromatic heterocycles. The van der Waals surface area contributed by atoms with Crippen LogP contribution in [0.15, 0.2) is 49.4 Å². The molecule has 0 spiro atoms. The van der Waals surface area contributed by atoms with Gasteiger partial charge in [-0.2, -0.15) is 5.10 Å². The Morgan fingerprint density at radius 2 is 1.67 bits per heavy atom. The predicted molar refractivity (Wildman–Crippen MR) is 185 cm³/mol. The van der Waals surface area contributed by atoms with Crippen LogP contribution in [0.4, 0.5) is 11.6 Å². The molecule has 3 fully saturated rings. The van der Waals surface area contributed by atoms with Crippen LogP contribution in [0.3, 0.4) is 0 Å². The number of rotatable bonds is 14. The lowest BCUT2D eigenvalue weighted by Gasteiger charge is -2.43. The molecule has 262 valence electrons. The first-order chi connectivity index (χ1) is 23.9. The van der Waals surface area contributed by atoms with Crippen LogP contribution in [0, 0.1) is 0 Å². The molecule has 7 rings (SSSR count). The Balaban J connectivity index is 1.03. The number of fused-ring (bicyclic) bond motifs is 2. The third kappa shape index (κ3) is 8.01. The van der Waals surface area contributed by atoms with Gasteiger partial charge in [0.2, 0.25) is 5.95 Å². The van der Waals surface area contributed by atoms with Crippen LogP contribution < -0.4 is 14.8 Å². The van der Waals surface area contributed by atoms with Crippen molar-refractivity contribution >= 4 is 23.2 Å². The summed E-state index contributed by atoms with van der Waals surface area (Å²) in [5.41, 5.74) is 2.47. The van der Waals surface area contributed by atoms with Gasteiger partial charge in [-0.3, -0.25) is 9.58 Å². The number of methoxy groups -OCH3 is 1. The molecule has 49 heavy (non-hydrogen) atoms. The highest BCUT2D eigenvalue weighted by Gasteiger charge is 2.42. The number of halogens is 1. The number of hydrogen-bond acceptors (Lipinski definition) is 11. The maximum atomic E-state index is 6.48. The maximum absolute atomic E-state index is 6.48. The van der Waals surface area contributed by atoms with Crippen molar-refractivity contribution in [1.82, 2.24) is 39.4 Å². The second-order valence-corrected chi connectivity index (χ2v) is 13.9. The zero-order chi connectivity index (χ0) is 33.7. The van der Waals surface area contributed by atoms with Gasteiger partial charge in [-0.1, -0.05) is 17.7 Å². The summed E-state index contributed by atoms with van der Waals surface area (Å²) < 4.78 is 27.4. The first-order valence-corrected chi connectivity index (χ1v) is 17.8. The van der Waals surface area contributed by atoms with Crippen molar-refractivity contribution in [2.75, 3.05) is 32.2 Å². The van der Waals surface area contributed by atoms with Crippen LogP contribution in [-0.4, -0.2) is 96.7 Å².